The maximum atomic E-state index is 14.4. The van der Waals surface area contributed by atoms with Gasteiger partial charge in [0.15, 0.2) is 15.7 Å². The third-order valence-electron chi connectivity index (χ3n) is 13.8. The molecule has 6 N–H and O–H groups in total. The first-order valence-corrected chi connectivity index (χ1v) is 28.1. The summed E-state index contributed by atoms with van der Waals surface area (Å²) in [4.78, 5) is 80.3. The third-order valence-corrected chi connectivity index (χ3v) is 16.3. The predicted molar refractivity (Wildman–Crippen MR) is 299 cm³/mol. The summed E-state index contributed by atoms with van der Waals surface area (Å²) in [5.74, 6) is -0.233. The van der Waals surface area contributed by atoms with Crippen LogP contribution >= 0.6 is 11.6 Å². The first-order chi connectivity index (χ1) is 36.0. The molecule has 3 unspecified atom stereocenters. The summed E-state index contributed by atoms with van der Waals surface area (Å²) in [6, 6.07) is 17.0. The highest BCUT2D eigenvalue weighted by molar-refractivity contribution is 7.92. The Hall–Kier alpha value is -6.31. The van der Waals surface area contributed by atoms with Crippen molar-refractivity contribution >= 4 is 74.1 Å². The zero-order valence-corrected chi connectivity index (χ0v) is 47.6. The molecule has 1 aliphatic rings. The summed E-state index contributed by atoms with van der Waals surface area (Å²) in [6.07, 6.45) is 6.28. The van der Waals surface area contributed by atoms with Crippen LogP contribution in [0, 0.1) is 12.3 Å². The average Bonchev–Trinajstić information content (AvgIpc) is 3.82. The zero-order valence-electron chi connectivity index (χ0n) is 46.0. The predicted octanol–water partition coefficient (Wildman–Crippen LogP) is 7.95. The van der Waals surface area contributed by atoms with Gasteiger partial charge < -0.3 is 46.4 Å². The molecule has 20 heteroatoms. The number of methoxy groups -OCH3 is 1. The van der Waals surface area contributed by atoms with E-state index >= 15 is 0 Å². The van der Waals surface area contributed by atoms with Crippen molar-refractivity contribution in [3.05, 3.63) is 94.6 Å². The summed E-state index contributed by atoms with van der Waals surface area (Å²) >= 11 is 6.47. The summed E-state index contributed by atoms with van der Waals surface area (Å²) in [5, 5.41) is 17.9. The molecule has 0 radical (unpaired) electrons. The Balaban J connectivity index is 1.10. The molecular formula is C56H79ClN10O8S. The molecule has 76 heavy (non-hydrogen) atoms. The van der Waals surface area contributed by atoms with Gasteiger partial charge in [0.25, 0.3) is 0 Å². The minimum absolute atomic E-state index is 0.0205. The summed E-state index contributed by atoms with van der Waals surface area (Å²) < 4.78 is 31.9. The highest BCUT2D eigenvalue weighted by Crippen LogP contribution is 2.34. The average molecular weight is 1090 g/mol. The molecular weight excluding hydrogens is 1010 g/mol. The molecule has 1 aromatic heterocycles. The highest BCUT2D eigenvalue weighted by atomic mass is 35.5. The standard InChI is InChI=1S/C56H79ClN10O8S/c1-12-42(38-22-16-15-17-23-38)62-53(71)45-32-40(34-67(45)54(72)50(56(6,7)8)64-52(70)37(5)58-9)60-48(68)26-18-13-14-19-27-49(69)66(10)29-28-39-31-46(75-11)44(30-36(39)4)63-55-59-33-41(57)51(65-55)61-43-24-20-21-25-47(43)76(73,74)35(2)3/h15-17,20-25,30-31,33,35,37,40,42,45,50,58H,12-14,18-19,26-29,32,34H2,1-11H3,(H,60,68)(H,62,71)(H,64,70)(H2,59,61,63,65)/t37-,40?,42?,45?,50+/m0/s1. The fourth-order valence-corrected chi connectivity index (χ4v) is 10.3. The number of likely N-dealkylation sites (tertiary alicyclic amines) is 1. The number of likely N-dealkylation sites (N-methyl/N-ethyl adjacent to an activating group) is 2. The van der Waals surface area contributed by atoms with Crippen molar-refractivity contribution < 1.29 is 37.1 Å². The number of hydrogen-bond donors (Lipinski definition) is 6. The van der Waals surface area contributed by atoms with E-state index in [4.69, 9.17) is 16.3 Å². The molecule has 1 saturated heterocycles. The number of aryl methyl sites for hydroxylation is 1. The van der Waals surface area contributed by atoms with Crippen LogP contribution in [0.15, 0.2) is 77.8 Å². The Morgan fingerprint density at radius 2 is 1.58 bits per heavy atom. The van der Waals surface area contributed by atoms with Crippen molar-refractivity contribution in [2.24, 2.45) is 5.41 Å². The van der Waals surface area contributed by atoms with Crippen LogP contribution in [-0.4, -0.2) is 121 Å². The fraction of sp³-hybridized carbons (Fsp3) is 0.518. The van der Waals surface area contributed by atoms with Gasteiger partial charge in [0.2, 0.25) is 35.5 Å². The smallest absolute Gasteiger partial charge is 0.246 e. The normalized spacial score (nSPS) is 15.8. The number of para-hydroxylation sites is 1. The summed E-state index contributed by atoms with van der Waals surface area (Å²) in [5.41, 5.74) is 3.16. The van der Waals surface area contributed by atoms with Gasteiger partial charge in [-0.3, -0.25) is 24.0 Å². The second-order valence-electron chi connectivity index (χ2n) is 20.9. The van der Waals surface area contributed by atoms with E-state index in [1.807, 2.05) is 77.1 Å². The number of rotatable bonds is 26. The lowest BCUT2D eigenvalue weighted by atomic mass is 9.85. The molecule has 414 valence electrons. The number of amides is 5. The molecule has 5 rings (SSSR count). The lowest BCUT2D eigenvalue weighted by Gasteiger charge is -2.36. The van der Waals surface area contributed by atoms with E-state index in [0.717, 1.165) is 29.5 Å². The molecule has 4 aromatic rings. The van der Waals surface area contributed by atoms with Crippen LogP contribution in [0.3, 0.4) is 0 Å². The fourth-order valence-electron chi connectivity index (χ4n) is 8.94. The van der Waals surface area contributed by atoms with E-state index in [9.17, 15) is 32.4 Å². The number of nitrogens with one attached hydrogen (secondary N) is 6. The Kier molecular flexibility index (Phi) is 22.0. The number of carbonyl (C=O) groups is 5. The van der Waals surface area contributed by atoms with E-state index in [1.54, 1.807) is 71.1 Å². The second kappa shape index (κ2) is 27.6. The van der Waals surface area contributed by atoms with Crippen LogP contribution in [-0.2, 0) is 40.2 Å². The Morgan fingerprint density at radius 3 is 2.22 bits per heavy atom. The summed E-state index contributed by atoms with van der Waals surface area (Å²) in [6.45, 7) is 15.1. The van der Waals surface area contributed by atoms with Crippen molar-refractivity contribution in [3.8, 4) is 5.75 Å². The van der Waals surface area contributed by atoms with Gasteiger partial charge in [-0.05, 0) is 113 Å². The zero-order chi connectivity index (χ0) is 55.9. The van der Waals surface area contributed by atoms with Crippen LogP contribution < -0.4 is 36.6 Å². The molecule has 3 aromatic carbocycles. The number of unbranched alkanes of at least 4 members (excludes halogenated alkanes) is 3. The number of carbonyl (C=O) groups excluding carboxylic acids is 5. The second-order valence-corrected chi connectivity index (χ2v) is 23.8. The van der Waals surface area contributed by atoms with Crippen LogP contribution in [0.1, 0.15) is 123 Å². The molecule has 18 nitrogen and oxygen atoms in total. The van der Waals surface area contributed by atoms with Crippen molar-refractivity contribution in [2.45, 2.75) is 154 Å². The third kappa shape index (κ3) is 16.4. The van der Waals surface area contributed by atoms with Gasteiger partial charge in [-0.15, -0.1) is 0 Å². The number of anilines is 4. The molecule has 2 heterocycles. The molecule has 5 atom stereocenters. The lowest BCUT2D eigenvalue weighted by molar-refractivity contribution is -0.144. The highest BCUT2D eigenvalue weighted by Gasteiger charge is 2.46. The van der Waals surface area contributed by atoms with Gasteiger partial charge in [-0.1, -0.05) is 94.6 Å². The Bertz CT molecular complexity index is 2760. The van der Waals surface area contributed by atoms with Gasteiger partial charge in [-0.2, -0.15) is 4.98 Å². The van der Waals surface area contributed by atoms with Crippen LogP contribution in [0.2, 0.25) is 5.02 Å². The van der Waals surface area contributed by atoms with E-state index in [2.05, 4.69) is 41.9 Å². The first kappa shape index (κ1) is 60.6. The molecule has 5 amide bonds. The SMILES string of the molecule is CCC(NC(=O)C1CC(NC(=O)CCCCCCC(=O)N(C)CCc2cc(OC)c(Nc3ncc(Cl)c(Nc4ccccc4S(=O)(=O)C(C)C)n3)cc2C)CN1C(=O)[C@@H](NC(=O)[C@H](C)NC)C(C)(C)C)c1ccccc1. The molecule has 1 fully saturated rings. The maximum Gasteiger partial charge on any atom is 0.246 e. The van der Waals surface area contributed by atoms with Gasteiger partial charge in [0.05, 0.1) is 46.9 Å². The number of nitrogens with zero attached hydrogens (tertiary/aromatic N) is 4. The largest absolute Gasteiger partial charge is 0.495 e. The first-order valence-electron chi connectivity index (χ1n) is 26.2. The van der Waals surface area contributed by atoms with Gasteiger partial charge in [0, 0.05) is 39.0 Å². The van der Waals surface area contributed by atoms with Crippen LogP contribution in [0.5, 0.6) is 5.75 Å². The van der Waals surface area contributed by atoms with E-state index in [-0.39, 0.29) is 76.6 Å². The number of benzene rings is 3. The van der Waals surface area contributed by atoms with Gasteiger partial charge in [0.1, 0.15) is 22.9 Å². The quantitative estimate of drug-likeness (QED) is 0.0328. The molecule has 0 bridgehead atoms. The molecule has 0 aliphatic carbocycles. The Labute approximate surface area is 454 Å². The topological polar surface area (TPSA) is 233 Å². The van der Waals surface area contributed by atoms with Crippen LogP contribution in [0.25, 0.3) is 0 Å². The maximum absolute atomic E-state index is 14.4. The summed E-state index contributed by atoms with van der Waals surface area (Å²) in [7, 11) is 1.41. The molecule has 0 saturated carbocycles. The van der Waals surface area contributed by atoms with Gasteiger partial charge >= 0.3 is 0 Å². The van der Waals surface area contributed by atoms with E-state index < -0.39 is 44.7 Å². The number of hydrogen-bond acceptors (Lipinski definition) is 13. The van der Waals surface area contributed by atoms with Crippen molar-refractivity contribution in [1.82, 2.24) is 41.0 Å². The number of aromatic nitrogens is 2. The van der Waals surface area contributed by atoms with Crippen molar-refractivity contribution in [1.29, 1.82) is 0 Å². The van der Waals surface area contributed by atoms with Crippen LogP contribution in [0.4, 0.5) is 23.1 Å². The van der Waals surface area contributed by atoms with E-state index in [0.29, 0.717) is 55.8 Å². The van der Waals surface area contributed by atoms with Crippen molar-refractivity contribution in [3.63, 3.8) is 0 Å². The molecule has 0 spiro atoms. The number of sulfone groups is 1. The number of ether oxygens (including phenoxy) is 1. The Morgan fingerprint density at radius 1 is 0.908 bits per heavy atom. The molecule has 1 aliphatic heterocycles. The van der Waals surface area contributed by atoms with Gasteiger partial charge in [-0.25, -0.2) is 13.4 Å². The van der Waals surface area contributed by atoms with E-state index in [1.165, 1.54) is 11.1 Å². The number of halogens is 1. The monoisotopic (exact) mass is 1090 g/mol. The lowest BCUT2D eigenvalue weighted by Crippen LogP contribution is -2.59. The van der Waals surface area contributed by atoms with Crippen molar-refractivity contribution in [2.75, 3.05) is 44.9 Å². The minimum atomic E-state index is -3.60. The minimum Gasteiger partial charge on any atom is -0.495 e.